The molecule has 0 amide bonds. The van der Waals surface area contributed by atoms with E-state index in [1.807, 2.05) is 18.3 Å². The molecule has 1 aliphatic heterocycles. The fourth-order valence-corrected chi connectivity index (χ4v) is 3.34. The normalized spacial score (nSPS) is 17.4. The van der Waals surface area contributed by atoms with Gasteiger partial charge in [-0.2, -0.15) is 0 Å². The number of allylic oxidation sites excluding steroid dienone is 1. The van der Waals surface area contributed by atoms with E-state index in [4.69, 9.17) is 17.2 Å². The lowest BCUT2D eigenvalue weighted by Crippen LogP contribution is -2.22. The number of nitrogens with zero attached hydrogens (tertiary/aromatic N) is 2. The van der Waals surface area contributed by atoms with Crippen molar-refractivity contribution in [2.75, 3.05) is 29.9 Å². The van der Waals surface area contributed by atoms with Crippen LogP contribution in [0.15, 0.2) is 60.7 Å². The van der Waals surface area contributed by atoms with E-state index in [2.05, 4.69) is 46.9 Å². The van der Waals surface area contributed by atoms with Crippen LogP contribution in [0.4, 0.5) is 11.5 Å². The first-order valence-corrected chi connectivity index (χ1v) is 9.15. The van der Waals surface area contributed by atoms with E-state index in [1.54, 1.807) is 6.20 Å². The summed E-state index contributed by atoms with van der Waals surface area (Å²) in [5.41, 5.74) is 23.3. The smallest absolute Gasteiger partial charge is 0.129 e. The standard InChI is InChI=1S/C21H28N6/c1-14-7-17(3-5-20(14)27-13-16(9-22)8-15(27)2)18-4-6-21(25-11-18)26-12-19(24)10-23/h3-7,11-12,16H,2,8-10,13,22-24H2,1H3,(H,25,26)/b19-12-. The van der Waals surface area contributed by atoms with E-state index >= 15 is 0 Å². The quantitative estimate of drug-likeness (QED) is 0.628. The van der Waals surface area contributed by atoms with Gasteiger partial charge in [-0.05, 0) is 61.2 Å². The Morgan fingerprint density at radius 1 is 1.30 bits per heavy atom. The van der Waals surface area contributed by atoms with Gasteiger partial charge in [-0.3, -0.25) is 0 Å². The van der Waals surface area contributed by atoms with Crippen molar-refractivity contribution < 1.29 is 0 Å². The van der Waals surface area contributed by atoms with Crippen LogP contribution in [-0.4, -0.2) is 24.6 Å². The molecule has 1 aliphatic rings. The number of hydrogen-bond acceptors (Lipinski definition) is 6. The van der Waals surface area contributed by atoms with Crippen LogP contribution >= 0.6 is 0 Å². The number of benzene rings is 1. The highest BCUT2D eigenvalue weighted by atomic mass is 15.2. The van der Waals surface area contributed by atoms with E-state index in [0.717, 1.165) is 35.6 Å². The van der Waals surface area contributed by atoms with Crippen molar-refractivity contribution in [1.82, 2.24) is 4.98 Å². The number of aromatic nitrogens is 1. The molecule has 142 valence electrons. The van der Waals surface area contributed by atoms with Crippen molar-refractivity contribution in [2.45, 2.75) is 13.3 Å². The molecule has 2 aromatic rings. The maximum Gasteiger partial charge on any atom is 0.129 e. The number of anilines is 2. The van der Waals surface area contributed by atoms with Crippen LogP contribution in [0.5, 0.6) is 0 Å². The topological polar surface area (TPSA) is 106 Å². The molecule has 0 spiro atoms. The number of nitrogens with one attached hydrogen (secondary N) is 1. The van der Waals surface area contributed by atoms with Crippen LogP contribution in [0.3, 0.4) is 0 Å². The Labute approximate surface area is 160 Å². The third-order valence-corrected chi connectivity index (χ3v) is 4.91. The highest BCUT2D eigenvalue weighted by Gasteiger charge is 2.26. The van der Waals surface area contributed by atoms with Crippen molar-refractivity contribution in [1.29, 1.82) is 0 Å². The van der Waals surface area contributed by atoms with Gasteiger partial charge in [0.25, 0.3) is 0 Å². The maximum absolute atomic E-state index is 5.84. The van der Waals surface area contributed by atoms with E-state index < -0.39 is 0 Å². The van der Waals surface area contributed by atoms with Gasteiger partial charge in [0.2, 0.25) is 0 Å². The highest BCUT2D eigenvalue weighted by molar-refractivity contribution is 5.70. The van der Waals surface area contributed by atoms with Gasteiger partial charge in [0.15, 0.2) is 0 Å². The van der Waals surface area contributed by atoms with Gasteiger partial charge in [-0.25, -0.2) is 4.98 Å². The minimum Gasteiger partial charge on any atom is -0.400 e. The molecule has 1 atom stereocenters. The Balaban J connectivity index is 1.77. The second-order valence-electron chi connectivity index (χ2n) is 6.98. The van der Waals surface area contributed by atoms with Crippen LogP contribution in [-0.2, 0) is 0 Å². The molecule has 1 aromatic carbocycles. The lowest BCUT2D eigenvalue weighted by atomic mass is 10.0. The summed E-state index contributed by atoms with van der Waals surface area (Å²) in [5.74, 6) is 1.22. The van der Waals surface area contributed by atoms with Crippen LogP contribution in [0, 0.1) is 12.8 Å². The fourth-order valence-electron chi connectivity index (χ4n) is 3.34. The maximum atomic E-state index is 5.84. The zero-order valence-electron chi connectivity index (χ0n) is 15.8. The van der Waals surface area contributed by atoms with Crippen LogP contribution < -0.4 is 27.4 Å². The van der Waals surface area contributed by atoms with Gasteiger partial charge in [0.1, 0.15) is 5.82 Å². The van der Waals surface area contributed by atoms with Crippen LogP contribution in [0.2, 0.25) is 0 Å². The van der Waals surface area contributed by atoms with E-state index in [0.29, 0.717) is 24.7 Å². The Morgan fingerprint density at radius 3 is 2.67 bits per heavy atom. The summed E-state index contributed by atoms with van der Waals surface area (Å²) < 4.78 is 0. The average molecular weight is 364 g/mol. The van der Waals surface area contributed by atoms with Gasteiger partial charge in [-0.15, -0.1) is 0 Å². The molecule has 3 rings (SSSR count). The molecule has 1 unspecified atom stereocenters. The van der Waals surface area contributed by atoms with Gasteiger partial charge in [0, 0.05) is 48.1 Å². The summed E-state index contributed by atoms with van der Waals surface area (Å²) in [7, 11) is 0. The number of hydrogen-bond donors (Lipinski definition) is 4. The van der Waals surface area contributed by atoms with Crippen molar-refractivity contribution in [2.24, 2.45) is 23.1 Å². The summed E-state index contributed by atoms with van der Waals surface area (Å²) in [6, 6.07) is 10.4. The predicted molar refractivity (Wildman–Crippen MR) is 113 cm³/mol. The van der Waals surface area contributed by atoms with E-state index in [9.17, 15) is 0 Å². The molecule has 6 heteroatoms. The summed E-state index contributed by atoms with van der Waals surface area (Å²) in [6.07, 6.45) is 4.49. The molecule has 0 saturated carbocycles. The van der Waals surface area contributed by atoms with Crippen molar-refractivity contribution >= 4 is 11.5 Å². The molecule has 1 aromatic heterocycles. The summed E-state index contributed by atoms with van der Waals surface area (Å²) in [5, 5.41) is 3.04. The molecule has 27 heavy (non-hydrogen) atoms. The van der Waals surface area contributed by atoms with Crippen molar-refractivity contribution in [3.63, 3.8) is 0 Å². The Kier molecular flexibility index (Phi) is 5.78. The zero-order valence-corrected chi connectivity index (χ0v) is 15.8. The summed E-state index contributed by atoms with van der Waals surface area (Å²) in [4.78, 5) is 6.72. The minimum absolute atomic E-state index is 0.312. The van der Waals surface area contributed by atoms with Gasteiger partial charge < -0.3 is 27.4 Å². The fraction of sp³-hybridized carbons (Fsp3) is 0.286. The summed E-state index contributed by atoms with van der Waals surface area (Å²) in [6.45, 7) is 8.29. The third kappa shape index (κ3) is 4.30. The Morgan fingerprint density at radius 2 is 2.07 bits per heavy atom. The first-order chi connectivity index (χ1) is 13.0. The van der Waals surface area contributed by atoms with Crippen molar-refractivity contribution in [3.8, 4) is 11.1 Å². The third-order valence-electron chi connectivity index (χ3n) is 4.91. The minimum atomic E-state index is 0.312. The Bertz CT molecular complexity index is 840. The highest BCUT2D eigenvalue weighted by Crippen LogP contribution is 2.34. The molecular formula is C21H28N6. The lowest BCUT2D eigenvalue weighted by molar-refractivity contribution is 0.609. The first kappa shape index (κ1) is 18.9. The van der Waals surface area contributed by atoms with Gasteiger partial charge >= 0.3 is 0 Å². The van der Waals surface area contributed by atoms with E-state index in [-0.39, 0.29) is 0 Å². The molecular weight excluding hydrogens is 336 g/mol. The summed E-state index contributed by atoms with van der Waals surface area (Å²) >= 11 is 0. The predicted octanol–water partition coefficient (Wildman–Crippen LogP) is 2.53. The number of pyridine rings is 1. The van der Waals surface area contributed by atoms with E-state index in [1.165, 1.54) is 11.3 Å². The second-order valence-corrected chi connectivity index (χ2v) is 6.98. The van der Waals surface area contributed by atoms with Crippen molar-refractivity contribution in [3.05, 3.63) is 66.3 Å². The largest absolute Gasteiger partial charge is 0.400 e. The van der Waals surface area contributed by atoms with Gasteiger partial charge in [-0.1, -0.05) is 12.6 Å². The molecule has 1 saturated heterocycles. The second kappa shape index (κ2) is 8.24. The lowest BCUT2D eigenvalue weighted by Gasteiger charge is -2.22. The number of rotatable bonds is 6. The first-order valence-electron chi connectivity index (χ1n) is 9.15. The van der Waals surface area contributed by atoms with Crippen LogP contribution in [0.1, 0.15) is 12.0 Å². The molecule has 6 nitrogen and oxygen atoms in total. The van der Waals surface area contributed by atoms with Crippen LogP contribution in [0.25, 0.3) is 11.1 Å². The molecule has 0 radical (unpaired) electrons. The molecule has 2 heterocycles. The number of nitrogens with two attached hydrogens (primary N) is 3. The molecule has 7 N–H and O–H groups in total. The molecule has 0 bridgehead atoms. The van der Waals surface area contributed by atoms with Gasteiger partial charge in [0.05, 0.1) is 0 Å². The zero-order chi connectivity index (χ0) is 19.4. The molecule has 0 aliphatic carbocycles. The number of aryl methyl sites for hydroxylation is 1. The molecule has 1 fully saturated rings. The SMILES string of the molecule is C=C1CC(CN)CN1c1ccc(-c2ccc(N/C=C(\N)CN)nc2)cc1C. The Hall–Kier alpha value is -2.83. The average Bonchev–Trinajstić information content (AvgIpc) is 3.07. The monoisotopic (exact) mass is 364 g/mol.